The van der Waals surface area contributed by atoms with Gasteiger partial charge in [-0.05, 0) is 36.2 Å². The molecule has 30 heavy (non-hydrogen) atoms. The Morgan fingerprint density at radius 3 is 2.67 bits per heavy atom. The number of nitrogens with two attached hydrogens (primary N) is 1. The predicted octanol–water partition coefficient (Wildman–Crippen LogP) is 4.01. The first-order valence-corrected chi connectivity index (χ1v) is 10.6. The largest absolute Gasteiger partial charge is 0.497 e. The molecule has 1 unspecified atom stereocenters. The van der Waals surface area contributed by atoms with Crippen LogP contribution >= 0.6 is 23.4 Å². The normalized spacial score (nSPS) is 15.5. The fourth-order valence-corrected chi connectivity index (χ4v) is 4.48. The molecule has 1 atom stereocenters. The van der Waals surface area contributed by atoms with Crippen LogP contribution in [0.2, 0.25) is 5.02 Å². The molecule has 0 radical (unpaired) electrons. The summed E-state index contributed by atoms with van der Waals surface area (Å²) in [4.78, 5) is 16.9. The molecule has 2 aromatic carbocycles. The number of nitrogens with one attached hydrogen (secondary N) is 1. The minimum atomic E-state index is -0.507. The Bertz CT molecular complexity index is 1130. The number of halogens is 1. The molecule has 0 saturated heterocycles. The van der Waals surface area contributed by atoms with Crippen LogP contribution in [-0.2, 0) is 10.5 Å². The molecule has 0 bridgehead atoms. The van der Waals surface area contributed by atoms with Gasteiger partial charge in [-0.1, -0.05) is 53.7 Å². The minimum absolute atomic E-state index is 0.445. The van der Waals surface area contributed by atoms with Gasteiger partial charge in [-0.3, -0.25) is 4.79 Å². The summed E-state index contributed by atoms with van der Waals surface area (Å²) in [6.07, 6.45) is 0. The van der Waals surface area contributed by atoms with Gasteiger partial charge in [-0.2, -0.15) is 4.98 Å². The molecule has 3 N–H and O–H groups in total. The Labute approximate surface area is 183 Å². The third kappa shape index (κ3) is 3.88. The van der Waals surface area contributed by atoms with Crippen molar-refractivity contribution in [3.8, 4) is 5.75 Å². The molecule has 154 valence electrons. The van der Waals surface area contributed by atoms with Gasteiger partial charge in [-0.15, -0.1) is 5.10 Å². The molecule has 1 amide bonds. The van der Waals surface area contributed by atoms with Gasteiger partial charge in [-0.25, -0.2) is 4.68 Å². The first-order valence-electron chi connectivity index (χ1n) is 9.22. The number of nitrogens with zero attached hydrogens (tertiary/aromatic N) is 3. The number of methoxy groups -OCH3 is 1. The highest BCUT2D eigenvalue weighted by Crippen LogP contribution is 2.37. The summed E-state index contributed by atoms with van der Waals surface area (Å²) in [5, 5.41) is 9.08. The Morgan fingerprint density at radius 2 is 2.00 bits per heavy atom. The van der Waals surface area contributed by atoms with Crippen molar-refractivity contribution in [3.05, 3.63) is 76.0 Å². The summed E-state index contributed by atoms with van der Waals surface area (Å²) in [6.45, 7) is 1.81. The first-order chi connectivity index (χ1) is 14.5. The maximum Gasteiger partial charge on any atom is 0.248 e. The molecule has 1 aliphatic heterocycles. The van der Waals surface area contributed by atoms with E-state index in [0.717, 1.165) is 16.9 Å². The summed E-state index contributed by atoms with van der Waals surface area (Å²) >= 11 is 7.73. The number of ether oxygens (including phenoxy) is 1. The van der Waals surface area contributed by atoms with Crippen molar-refractivity contribution in [2.24, 2.45) is 5.73 Å². The van der Waals surface area contributed by atoms with Crippen molar-refractivity contribution < 1.29 is 9.53 Å². The second-order valence-corrected chi connectivity index (χ2v) is 8.10. The second-order valence-electron chi connectivity index (χ2n) is 6.75. The second kappa shape index (κ2) is 8.41. The van der Waals surface area contributed by atoms with E-state index in [1.54, 1.807) is 11.8 Å². The maximum absolute atomic E-state index is 12.3. The van der Waals surface area contributed by atoms with Crippen molar-refractivity contribution in [3.63, 3.8) is 0 Å². The quantitative estimate of drug-likeness (QED) is 0.561. The smallest absolute Gasteiger partial charge is 0.248 e. The minimum Gasteiger partial charge on any atom is -0.497 e. The van der Waals surface area contributed by atoms with E-state index in [2.05, 4.69) is 15.4 Å². The highest BCUT2D eigenvalue weighted by Gasteiger charge is 2.33. The molecule has 9 heteroatoms. The lowest BCUT2D eigenvalue weighted by Crippen LogP contribution is -2.31. The Morgan fingerprint density at radius 1 is 1.27 bits per heavy atom. The summed E-state index contributed by atoms with van der Waals surface area (Å²) in [7, 11) is 1.61. The van der Waals surface area contributed by atoms with Gasteiger partial charge in [0, 0.05) is 16.5 Å². The predicted molar refractivity (Wildman–Crippen MR) is 118 cm³/mol. The van der Waals surface area contributed by atoms with Gasteiger partial charge in [0.25, 0.3) is 0 Å². The Balaban J connectivity index is 1.69. The van der Waals surface area contributed by atoms with E-state index in [0.29, 0.717) is 33.2 Å². The number of amides is 1. The molecule has 0 aliphatic carbocycles. The van der Waals surface area contributed by atoms with Crippen LogP contribution in [0, 0.1) is 0 Å². The molecule has 0 spiro atoms. The maximum atomic E-state index is 12.3. The molecule has 3 aromatic rings. The van der Waals surface area contributed by atoms with Crippen LogP contribution in [0.25, 0.3) is 0 Å². The van der Waals surface area contributed by atoms with Crippen LogP contribution in [0.4, 0.5) is 5.95 Å². The monoisotopic (exact) mass is 441 g/mol. The van der Waals surface area contributed by atoms with Gasteiger partial charge >= 0.3 is 0 Å². The van der Waals surface area contributed by atoms with Gasteiger partial charge in [0.1, 0.15) is 11.8 Å². The zero-order valence-corrected chi connectivity index (χ0v) is 18.0. The van der Waals surface area contributed by atoms with Crippen LogP contribution in [0.3, 0.4) is 0 Å². The number of hydrogen-bond donors (Lipinski definition) is 2. The van der Waals surface area contributed by atoms with Gasteiger partial charge in [0.15, 0.2) is 0 Å². The third-order valence-electron chi connectivity index (χ3n) is 4.84. The highest BCUT2D eigenvalue weighted by atomic mass is 35.5. The average Bonchev–Trinajstić information content (AvgIpc) is 3.14. The summed E-state index contributed by atoms with van der Waals surface area (Å²) in [5.41, 5.74) is 8.68. The molecule has 1 aliphatic rings. The SMILES string of the molecule is COc1ccc(C2C(C(N)=O)=C(C)Nc3nc(SCc4ccccc4Cl)nn32)cc1. The molecular formula is C21H20ClN5O2S. The number of allylic oxidation sites excluding steroid dienone is 1. The highest BCUT2D eigenvalue weighted by molar-refractivity contribution is 7.98. The van der Waals surface area contributed by atoms with Gasteiger partial charge in [0.2, 0.25) is 17.0 Å². The Kier molecular flexibility index (Phi) is 5.69. The number of rotatable bonds is 6. The van der Waals surface area contributed by atoms with E-state index in [9.17, 15) is 4.79 Å². The van der Waals surface area contributed by atoms with Crippen LogP contribution in [0.15, 0.2) is 65.0 Å². The molecular weight excluding hydrogens is 422 g/mol. The van der Waals surface area contributed by atoms with E-state index in [1.807, 2.05) is 55.5 Å². The van der Waals surface area contributed by atoms with Crippen molar-refractivity contribution in [2.75, 3.05) is 12.4 Å². The standard InChI is InChI=1S/C21H20ClN5O2S/c1-12-17(19(23)28)18(13-7-9-15(29-2)10-8-13)27-20(24-12)25-21(26-27)30-11-14-5-3-4-6-16(14)22/h3-10,18H,11H2,1-2H3,(H2,23,28)(H,24,25,26). The van der Waals surface area contributed by atoms with Crippen molar-refractivity contribution in [2.45, 2.75) is 23.9 Å². The van der Waals surface area contributed by atoms with Crippen LogP contribution in [-0.4, -0.2) is 27.8 Å². The van der Waals surface area contributed by atoms with Crippen LogP contribution < -0.4 is 15.8 Å². The van der Waals surface area contributed by atoms with Crippen molar-refractivity contribution in [1.82, 2.24) is 14.8 Å². The number of primary amides is 1. The number of anilines is 1. The number of hydrogen-bond acceptors (Lipinski definition) is 6. The fraction of sp³-hybridized carbons (Fsp3) is 0.190. The van der Waals surface area contributed by atoms with Crippen molar-refractivity contribution >= 4 is 35.2 Å². The van der Waals surface area contributed by atoms with E-state index in [1.165, 1.54) is 11.8 Å². The summed E-state index contributed by atoms with van der Waals surface area (Å²) < 4.78 is 6.94. The number of carbonyl (C=O) groups excluding carboxylic acids is 1. The first kappa shape index (κ1) is 20.3. The Hall–Kier alpha value is -2.97. The molecule has 0 fully saturated rings. The zero-order chi connectivity index (χ0) is 21.3. The number of thioether (sulfide) groups is 1. The average molecular weight is 442 g/mol. The lowest BCUT2D eigenvalue weighted by atomic mass is 9.95. The van der Waals surface area contributed by atoms with Gasteiger partial charge in [0.05, 0.1) is 12.7 Å². The number of benzene rings is 2. The number of carbonyl (C=O) groups is 1. The molecule has 7 nitrogen and oxygen atoms in total. The summed E-state index contributed by atoms with van der Waals surface area (Å²) in [5.74, 6) is 1.40. The number of fused-ring (bicyclic) bond motifs is 1. The van der Waals surface area contributed by atoms with Gasteiger partial charge < -0.3 is 15.8 Å². The van der Waals surface area contributed by atoms with Crippen LogP contribution in [0.1, 0.15) is 24.1 Å². The van der Waals surface area contributed by atoms with E-state index >= 15 is 0 Å². The zero-order valence-electron chi connectivity index (χ0n) is 16.4. The fourth-order valence-electron chi connectivity index (χ4n) is 3.36. The van der Waals surface area contributed by atoms with E-state index in [4.69, 9.17) is 22.1 Å². The number of aromatic nitrogens is 3. The van der Waals surface area contributed by atoms with Crippen molar-refractivity contribution in [1.29, 1.82) is 0 Å². The third-order valence-corrected chi connectivity index (χ3v) is 6.10. The lowest BCUT2D eigenvalue weighted by molar-refractivity contribution is -0.115. The van der Waals surface area contributed by atoms with E-state index in [-0.39, 0.29) is 0 Å². The molecule has 1 aromatic heterocycles. The molecule has 2 heterocycles. The lowest BCUT2D eigenvalue weighted by Gasteiger charge is -2.27. The topological polar surface area (TPSA) is 95.1 Å². The van der Waals surface area contributed by atoms with Crippen LogP contribution in [0.5, 0.6) is 5.75 Å². The van der Waals surface area contributed by atoms with E-state index < -0.39 is 11.9 Å². The summed E-state index contributed by atoms with van der Waals surface area (Å²) in [6, 6.07) is 14.7. The molecule has 4 rings (SSSR count). The molecule has 0 saturated carbocycles.